The lowest BCUT2D eigenvalue weighted by atomic mass is 10.1. The Labute approximate surface area is 114 Å². The fourth-order valence-electron chi connectivity index (χ4n) is 2.20. The maximum atomic E-state index is 11.0. The largest absolute Gasteiger partial charge is 0.385 e. The van der Waals surface area contributed by atoms with Gasteiger partial charge in [-0.25, -0.2) is 0 Å². The summed E-state index contributed by atoms with van der Waals surface area (Å²) in [6, 6.07) is 0. The number of rotatable bonds is 14. The molecule has 1 atom stereocenters. The van der Waals surface area contributed by atoms with Crippen LogP contribution in [-0.4, -0.2) is 17.6 Å². The number of hydrogen-bond donors (Lipinski definition) is 1. The van der Waals surface area contributed by atoms with E-state index in [0.29, 0.717) is 6.16 Å². The smallest absolute Gasteiger partial charge is 0.113 e. The molecule has 0 rings (SSSR count). The normalized spacial score (nSPS) is 11.8. The van der Waals surface area contributed by atoms with E-state index in [-0.39, 0.29) is 6.35 Å². The highest BCUT2D eigenvalue weighted by molar-refractivity contribution is 7.44. The Morgan fingerprint density at radius 2 is 1.11 bits per heavy atom. The summed E-state index contributed by atoms with van der Waals surface area (Å²) in [5, 5.41) is 8.63. The molecule has 1 N–H and O–H groups in total. The van der Waals surface area contributed by atoms with Gasteiger partial charge in [-0.05, 0) is 6.42 Å². The van der Waals surface area contributed by atoms with E-state index in [4.69, 9.17) is 5.11 Å². The molecule has 0 aromatic rings. The van der Waals surface area contributed by atoms with E-state index in [9.17, 15) is 4.57 Å². The van der Waals surface area contributed by atoms with Crippen LogP contribution in [0.1, 0.15) is 84.0 Å². The predicted molar refractivity (Wildman–Crippen MR) is 80.6 cm³/mol. The van der Waals surface area contributed by atoms with Gasteiger partial charge >= 0.3 is 0 Å². The molecule has 0 aliphatic rings. The van der Waals surface area contributed by atoms with E-state index < -0.39 is 7.80 Å². The van der Waals surface area contributed by atoms with E-state index in [1.807, 2.05) is 0 Å². The molecule has 0 bridgehead atoms. The molecule has 18 heavy (non-hydrogen) atoms. The molecule has 1 unspecified atom stereocenters. The van der Waals surface area contributed by atoms with E-state index in [0.717, 1.165) is 6.42 Å². The van der Waals surface area contributed by atoms with Gasteiger partial charge in [-0.1, -0.05) is 77.6 Å². The molecular formula is C15H32O2P. The molecule has 0 amide bonds. The molecule has 0 aliphatic heterocycles. The lowest BCUT2D eigenvalue weighted by Gasteiger charge is -2.02. The van der Waals surface area contributed by atoms with Gasteiger partial charge in [0.2, 0.25) is 0 Å². The highest BCUT2D eigenvalue weighted by Crippen LogP contribution is 2.21. The maximum Gasteiger partial charge on any atom is 0.113 e. The van der Waals surface area contributed by atoms with Crippen LogP contribution in [-0.2, 0) is 4.57 Å². The molecule has 0 saturated carbocycles. The van der Waals surface area contributed by atoms with Gasteiger partial charge in [0.25, 0.3) is 0 Å². The second-order valence-electron chi connectivity index (χ2n) is 5.24. The SMILES string of the molecule is CCCCCCCCCCCCCC[P](=O)CO. The van der Waals surface area contributed by atoms with Crippen molar-refractivity contribution in [3.63, 3.8) is 0 Å². The molecule has 0 spiro atoms. The van der Waals surface area contributed by atoms with Crippen molar-refractivity contribution < 1.29 is 9.67 Å². The fraction of sp³-hybridized carbons (Fsp3) is 1.00. The summed E-state index contributed by atoms with van der Waals surface area (Å²) in [6.07, 6.45) is 16.5. The Balaban J connectivity index is 2.97. The van der Waals surface area contributed by atoms with Crippen LogP contribution in [0.5, 0.6) is 0 Å². The average molecular weight is 275 g/mol. The van der Waals surface area contributed by atoms with Gasteiger partial charge in [0, 0.05) is 6.16 Å². The van der Waals surface area contributed by atoms with Gasteiger partial charge in [0.1, 0.15) is 6.35 Å². The lowest BCUT2D eigenvalue weighted by Crippen LogP contribution is -1.85. The van der Waals surface area contributed by atoms with Crippen LogP contribution in [0.15, 0.2) is 0 Å². The van der Waals surface area contributed by atoms with Crippen LogP contribution in [0.3, 0.4) is 0 Å². The van der Waals surface area contributed by atoms with Gasteiger partial charge in [-0.15, -0.1) is 0 Å². The van der Waals surface area contributed by atoms with E-state index in [1.165, 1.54) is 70.6 Å². The van der Waals surface area contributed by atoms with Crippen molar-refractivity contribution in [1.82, 2.24) is 0 Å². The molecule has 0 fully saturated rings. The number of hydrogen-bond acceptors (Lipinski definition) is 2. The first kappa shape index (κ1) is 18.1. The van der Waals surface area contributed by atoms with Gasteiger partial charge in [0.15, 0.2) is 0 Å². The first-order valence-electron chi connectivity index (χ1n) is 7.84. The zero-order valence-corrected chi connectivity index (χ0v) is 13.1. The fourth-order valence-corrected chi connectivity index (χ4v) is 2.92. The second-order valence-corrected chi connectivity index (χ2v) is 6.93. The minimum absolute atomic E-state index is 0.132. The van der Waals surface area contributed by atoms with E-state index >= 15 is 0 Å². The second kappa shape index (κ2) is 15.1. The van der Waals surface area contributed by atoms with Crippen LogP contribution >= 0.6 is 7.80 Å². The van der Waals surface area contributed by atoms with Crippen LogP contribution in [0.2, 0.25) is 0 Å². The summed E-state index contributed by atoms with van der Waals surface area (Å²) < 4.78 is 11.0. The molecule has 0 heterocycles. The van der Waals surface area contributed by atoms with Crippen molar-refractivity contribution in [1.29, 1.82) is 0 Å². The Bertz CT molecular complexity index is 183. The summed E-state index contributed by atoms with van der Waals surface area (Å²) in [6.45, 7) is 2.26. The monoisotopic (exact) mass is 275 g/mol. The van der Waals surface area contributed by atoms with Gasteiger partial charge in [-0.2, -0.15) is 0 Å². The Morgan fingerprint density at radius 1 is 0.722 bits per heavy atom. The third kappa shape index (κ3) is 14.1. The van der Waals surface area contributed by atoms with Gasteiger partial charge < -0.3 is 5.11 Å². The maximum absolute atomic E-state index is 11.0. The van der Waals surface area contributed by atoms with Crippen LogP contribution in [0.25, 0.3) is 0 Å². The van der Waals surface area contributed by atoms with Gasteiger partial charge in [-0.3, -0.25) is 4.57 Å². The Kier molecular flexibility index (Phi) is 15.2. The molecule has 3 heteroatoms. The van der Waals surface area contributed by atoms with Gasteiger partial charge in [0.05, 0.1) is 7.80 Å². The van der Waals surface area contributed by atoms with Crippen LogP contribution < -0.4 is 0 Å². The zero-order chi connectivity index (χ0) is 13.5. The van der Waals surface area contributed by atoms with Crippen molar-refractivity contribution >= 4 is 7.80 Å². The van der Waals surface area contributed by atoms with Crippen molar-refractivity contribution in [2.75, 3.05) is 12.5 Å². The summed E-state index contributed by atoms with van der Waals surface area (Å²) in [7, 11) is -1.31. The average Bonchev–Trinajstić information content (AvgIpc) is 2.39. The minimum Gasteiger partial charge on any atom is -0.385 e. The molecule has 0 aliphatic carbocycles. The molecule has 0 aromatic carbocycles. The third-order valence-corrected chi connectivity index (χ3v) is 4.55. The minimum atomic E-state index is -1.31. The van der Waals surface area contributed by atoms with Crippen LogP contribution in [0.4, 0.5) is 0 Å². The highest BCUT2D eigenvalue weighted by atomic mass is 31.1. The van der Waals surface area contributed by atoms with E-state index in [1.54, 1.807) is 0 Å². The summed E-state index contributed by atoms with van der Waals surface area (Å²) >= 11 is 0. The van der Waals surface area contributed by atoms with Crippen molar-refractivity contribution in [3.05, 3.63) is 0 Å². The first-order chi connectivity index (χ1) is 8.81. The number of aliphatic hydroxyl groups excluding tert-OH is 1. The third-order valence-electron chi connectivity index (χ3n) is 3.42. The number of unbranched alkanes of at least 4 members (excludes halogenated alkanes) is 11. The Morgan fingerprint density at radius 3 is 1.50 bits per heavy atom. The van der Waals surface area contributed by atoms with Crippen molar-refractivity contribution in [2.24, 2.45) is 0 Å². The molecule has 0 saturated heterocycles. The summed E-state index contributed by atoms with van der Waals surface area (Å²) in [4.78, 5) is 0. The van der Waals surface area contributed by atoms with Crippen molar-refractivity contribution in [2.45, 2.75) is 84.0 Å². The molecule has 109 valence electrons. The zero-order valence-electron chi connectivity index (χ0n) is 12.2. The van der Waals surface area contributed by atoms with Crippen molar-refractivity contribution in [3.8, 4) is 0 Å². The molecular weight excluding hydrogens is 243 g/mol. The quantitative estimate of drug-likeness (QED) is 0.337. The topological polar surface area (TPSA) is 37.3 Å². The summed E-state index contributed by atoms with van der Waals surface area (Å²) in [5.41, 5.74) is 0. The lowest BCUT2D eigenvalue weighted by molar-refractivity contribution is 0.362. The first-order valence-corrected chi connectivity index (χ1v) is 9.47. The summed E-state index contributed by atoms with van der Waals surface area (Å²) in [5.74, 6) is 0. The number of aliphatic hydroxyl groups is 1. The van der Waals surface area contributed by atoms with Crippen LogP contribution in [0, 0.1) is 0 Å². The predicted octanol–water partition coefficient (Wildman–Crippen LogP) is 5.46. The molecule has 2 nitrogen and oxygen atoms in total. The highest BCUT2D eigenvalue weighted by Gasteiger charge is 1.97. The standard InChI is InChI=1S/C15H32O2P/c1-2-3-4-5-6-7-8-9-10-11-12-13-14-18(17)15-16/h16H,2-15H2,1H3. The molecule has 0 aromatic heterocycles. The molecule has 1 radical (unpaired) electrons. The van der Waals surface area contributed by atoms with E-state index in [2.05, 4.69) is 6.92 Å². The Hall–Kier alpha value is 0.0600.